The monoisotopic (exact) mass is 366 g/mol. The van der Waals surface area contributed by atoms with Gasteiger partial charge in [-0.25, -0.2) is 0 Å². The number of amides is 1. The molecule has 0 saturated heterocycles. The number of hydrogen-bond donors (Lipinski definition) is 1. The molecular formula is C21H22N2O4. The molecule has 0 spiro atoms. The predicted octanol–water partition coefficient (Wildman–Crippen LogP) is 4.06. The Morgan fingerprint density at radius 3 is 2.11 bits per heavy atom. The molecule has 2 aromatic carbocycles. The largest absolute Gasteiger partial charge is 0.493 e. The van der Waals surface area contributed by atoms with Crippen molar-refractivity contribution in [2.45, 2.75) is 6.92 Å². The fourth-order valence-electron chi connectivity index (χ4n) is 2.88. The zero-order valence-electron chi connectivity index (χ0n) is 15.8. The van der Waals surface area contributed by atoms with Crippen LogP contribution < -0.4 is 19.5 Å². The van der Waals surface area contributed by atoms with Gasteiger partial charge in [0.05, 0.1) is 21.3 Å². The van der Waals surface area contributed by atoms with Crippen LogP contribution in [0.1, 0.15) is 15.9 Å². The lowest BCUT2D eigenvalue weighted by atomic mass is 10.1. The Bertz CT molecular complexity index is 924. The molecule has 0 aliphatic heterocycles. The summed E-state index contributed by atoms with van der Waals surface area (Å²) in [5.41, 5.74) is 3.14. The molecule has 3 aromatic rings. The second kappa shape index (κ2) is 7.86. The number of aromatic nitrogens is 1. The molecular weight excluding hydrogens is 344 g/mol. The normalized spacial score (nSPS) is 10.4. The summed E-state index contributed by atoms with van der Waals surface area (Å²) in [6.07, 6.45) is 3.90. The molecule has 0 fully saturated rings. The van der Waals surface area contributed by atoms with Gasteiger partial charge in [0.25, 0.3) is 5.91 Å². The quantitative estimate of drug-likeness (QED) is 0.714. The Morgan fingerprint density at radius 2 is 1.56 bits per heavy atom. The third-order valence-electron chi connectivity index (χ3n) is 4.28. The fraction of sp³-hybridized carbons (Fsp3) is 0.190. The average Bonchev–Trinajstić information content (AvgIpc) is 3.21. The van der Waals surface area contributed by atoms with Crippen molar-refractivity contribution in [3.8, 4) is 22.9 Å². The number of methoxy groups -OCH3 is 3. The van der Waals surface area contributed by atoms with E-state index < -0.39 is 0 Å². The number of hydrogen-bond acceptors (Lipinski definition) is 4. The minimum absolute atomic E-state index is 0.224. The van der Waals surface area contributed by atoms with Gasteiger partial charge < -0.3 is 24.1 Å². The first-order valence-corrected chi connectivity index (χ1v) is 8.42. The minimum atomic E-state index is -0.224. The number of carbonyl (C=O) groups is 1. The maximum absolute atomic E-state index is 12.8. The third kappa shape index (κ3) is 3.74. The maximum atomic E-state index is 12.8. The number of rotatable bonds is 6. The highest BCUT2D eigenvalue weighted by Gasteiger charge is 2.15. The van der Waals surface area contributed by atoms with Crippen LogP contribution in [0, 0.1) is 6.92 Å². The van der Waals surface area contributed by atoms with Gasteiger partial charge in [0, 0.05) is 41.5 Å². The Morgan fingerprint density at radius 1 is 0.926 bits per heavy atom. The number of aryl methyl sites for hydroxylation is 1. The Labute approximate surface area is 158 Å². The molecule has 1 heterocycles. The van der Waals surface area contributed by atoms with Crippen LogP contribution in [0.3, 0.4) is 0 Å². The van der Waals surface area contributed by atoms with E-state index in [0.29, 0.717) is 28.5 Å². The smallest absolute Gasteiger partial charge is 0.255 e. The van der Waals surface area contributed by atoms with Gasteiger partial charge in [0.15, 0.2) is 11.5 Å². The van der Waals surface area contributed by atoms with Crippen LogP contribution in [0.15, 0.2) is 54.9 Å². The van der Waals surface area contributed by atoms with Crippen LogP contribution >= 0.6 is 0 Å². The van der Waals surface area contributed by atoms with Crippen LogP contribution in [-0.4, -0.2) is 31.8 Å². The summed E-state index contributed by atoms with van der Waals surface area (Å²) in [4.78, 5) is 12.8. The van der Waals surface area contributed by atoms with E-state index in [-0.39, 0.29) is 5.91 Å². The predicted molar refractivity (Wildman–Crippen MR) is 105 cm³/mol. The number of nitrogens with zero attached hydrogens (tertiary/aromatic N) is 1. The summed E-state index contributed by atoms with van der Waals surface area (Å²) in [6.45, 7) is 2.01. The molecule has 27 heavy (non-hydrogen) atoms. The molecule has 0 saturated carbocycles. The van der Waals surface area contributed by atoms with Crippen molar-refractivity contribution in [1.82, 2.24) is 4.57 Å². The number of ether oxygens (including phenoxy) is 3. The lowest BCUT2D eigenvalue weighted by Gasteiger charge is -2.15. The summed E-state index contributed by atoms with van der Waals surface area (Å²) in [5, 5.41) is 2.89. The summed E-state index contributed by atoms with van der Waals surface area (Å²) in [7, 11) is 4.60. The van der Waals surface area contributed by atoms with E-state index in [1.54, 1.807) is 18.2 Å². The first kappa shape index (κ1) is 18.4. The van der Waals surface area contributed by atoms with Crippen LogP contribution in [0.4, 0.5) is 5.69 Å². The second-order valence-electron chi connectivity index (χ2n) is 5.96. The average molecular weight is 366 g/mol. The number of benzene rings is 2. The Kier molecular flexibility index (Phi) is 5.35. The standard InChI is InChI=1S/C21H22N2O4/c1-14-7-8-15(11-17(14)23-9-5-6-10-23)21(24)22-16-12-18(25-2)20(27-4)19(13-16)26-3/h5-13H,1-4H3,(H,22,24). The van der Waals surface area contributed by atoms with E-state index >= 15 is 0 Å². The molecule has 1 amide bonds. The Balaban J connectivity index is 1.91. The number of nitrogens with one attached hydrogen (secondary N) is 1. The molecule has 6 nitrogen and oxygen atoms in total. The first-order valence-electron chi connectivity index (χ1n) is 8.42. The topological polar surface area (TPSA) is 61.7 Å². The highest BCUT2D eigenvalue weighted by Crippen LogP contribution is 2.40. The van der Waals surface area contributed by atoms with Crippen LogP contribution in [-0.2, 0) is 0 Å². The van der Waals surface area contributed by atoms with Crippen LogP contribution in [0.5, 0.6) is 17.2 Å². The molecule has 0 bridgehead atoms. The minimum Gasteiger partial charge on any atom is -0.493 e. The van der Waals surface area contributed by atoms with E-state index in [2.05, 4.69) is 5.32 Å². The van der Waals surface area contributed by atoms with Crippen LogP contribution in [0.25, 0.3) is 5.69 Å². The van der Waals surface area contributed by atoms with Crippen molar-refractivity contribution < 1.29 is 19.0 Å². The van der Waals surface area contributed by atoms with Gasteiger partial charge in [-0.3, -0.25) is 4.79 Å². The Hall–Kier alpha value is -3.41. The lowest BCUT2D eigenvalue weighted by Crippen LogP contribution is -2.13. The van der Waals surface area contributed by atoms with Gasteiger partial charge >= 0.3 is 0 Å². The second-order valence-corrected chi connectivity index (χ2v) is 5.96. The molecule has 140 valence electrons. The third-order valence-corrected chi connectivity index (χ3v) is 4.28. The van der Waals surface area contributed by atoms with Crippen molar-refractivity contribution >= 4 is 11.6 Å². The zero-order valence-corrected chi connectivity index (χ0v) is 15.8. The first-order chi connectivity index (χ1) is 13.1. The van der Waals surface area contributed by atoms with Crippen LogP contribution in [0.2, 0.25) is 0 Å². The molecule has 0 atom stereocenters. The summed E-state index contributed by atoms with van der Waals surface area (Å²) < 4.78 is 17.9. The van der Waals surface area contributed by atoms with E-state index in [1.165, 1.54) is 21.3 Å². The van der Waals surface area contributed by atoms with Gasteiger partial charge in [-0.05, 0) is 36.8 Å². The SMILES string of the molecule is COc1cc(NC(=O)c2ccc(C)c(-n3cccc3)c2)cc(OC)c1OC. The van der Waals surface area contributed by atoms with Gasteiger partial charge in [0.2, 0.25) is 5.75 Å². The van der Waals surface area contributed by atoms with Gasteiger partial charge in [-0.1, -0.05) is 6.07 Å². The molecule has 0 radical (unpaired) electrons. The molecule has 0 unspecified atom stereocenters. The summed E-state index contributed by atoms with van der Waals surface area (Å²) >= 11 is 0. The van der Waals surface area contributed by atoms with Gasteiger partial charge in [-0.2, -0.15) is 0 Å². The van der Waals surface area contributed by atoms with Crippen molar-refractivity contribution in [2.24, 2.45) is 0 Å². The van der Waals surface area contributed by atoms with Crippen molar-refractivity contribution in [1.29, 1.82) is 0 Å². The summed E-state index contributed by atoms with van der Waals surface area (Å²) in [5.74, 6) is 1.20. The van der Waals surface area contributed by atoms with Crippen molar-refractivity contribution in [3.05, 3.63) is 66.0 Å². The molecule has 1 N–H and O–H groups in total. The van der Waals surface area contributed by atoms with E-state index in [1.807, 2.05) is 48.1 Å². The molecule has 0 aliphatic rings. The molecule has 0 aliphatic carbocycles. The highest BCUT2D eigenvalue weighted by molar-refractivity contribution is 6.05. The zero-order chi connectivity index (χ0) is 19.4. The van der Waals surface area contributed by atoms with Crippen molar-refractivity contribution in [3.63, 3.8) is 0 Å². The molecule has 6 heteroatoms. The van der Waals surface area contributed by atoms with E-state index in [9.17, 15) is 4.79 Å². The van der Waals surface area contributed by atoms with Gasteiger partial charge in [0.1, 0.15) is 0 Å². The molecule has 3 rings (SSSR count). The lowest BCUT2D eigenvalue weighted by molar-refractivity contribution is 0.102. The van der Waals surface area contributed by atoms with Gasteiger partial charge in [-0.15, -0.1) is 0 Å². The van der Waals surface area contributed by atoms with E-state index in [0.717, 1.165) is 11.3 Å². The fourth-order valence-corrected chi connectivity index (χ4v) is 2.88. The summed E-state index contributed by atoms with van der Waals surface area (Å²) in [6, 6.07) is 12.9. The highest BCUT2D eigenvalue weighted by atomic mass is 16.5. The van der Waals surface area contributed by atoms with E-state index in [4.69, 9.17) is 14.2 Å². The number of anilines is 1. The number of carbonyl (C=O) groups excluding carboxylic acids is 1. The maximum Gasteiger partial charge on any atom is 0.255 e. The molecule has 1 aromatic heterocycles. The van der Waals surface area contributed by atoms with Crippen molar-refractivity contribution in [2.75, 3.05) is 26.6 Å².